The van der Waals surface area contributed by atoms with Gasteiger partial charge in [-0.15, -0.1) is 0 Å². The average Bonchev–Trinajstić information content (AvgIpc) is 2.29. The standard InChI is InChI=1S/C11H17NO2S/c1-13-10-5-4-9(8-11(10)14-2)12-6-3-7-15/h4-5,8,12,15H,3,6-7H2,1-2H3. The highest BCUT2D eigenvalue weighted by molar-refractivity contribution is 7.80. The Hall–Kier alpha value is -1.03. The number of nitrogens with one attached hydrogen (secondary N) is 1. The van der Waals surface area contributed by atoms with Gasteiger partial charge >= 0.3 is 0 Å². The third-order valence-corrected chi connectivity index (χ3v) is 2.36. The maximum absolute atomic E-state index is 5.20. The first-order valence-electron chi connectivity index (χ1n) is 4.88. The van der Waals surface area contributed by atoms with Crippen LogP contribution in [-0.2, 0) is 0 Å². The maximum atomic E-state index is 5.20. The summed E-state index contributed by atoms with van der Waals surface area (Å²) in [7, 11) is 3.27. The van der Waals surface area contributed by atoms with Gasteiger partial charge in [-0.1, -0.05) is 0 Å². The fourth-order valence-electron chi connectivity index (χ4n) is 1.26. The van der Waals surface area contributed by atoms with Crippen LogP contribution < -0.4 is 14.8 Å². The molecule has 15 heavy (non-hydrogen) atoms. The van der Waals surface area contributed by atoms with Gasteiger partial charge in [0.1, 0.15) is 0 Å². The van der Waals surface area contributed by atoms with Gasteiger partial charge in [0.05, 0.1) is 14.2 Å². The van der Waals surface area contributed by atoms with Crippen LogP contribution in [0.2, 0.25) is 0 Å². The number of methoxy groups -OCH3 is 2. The Morgan fingerprint density at radius 1 is 1.20 bits per heavy atom. The van der Waals surface area contributed by atoms with Crippen LogP contribution in [0.3, 0.4) is 0 Å². The number of anilines is 1. The maximum Gasteiger partial charge on any atom is 0.162 e. The Morgan fingerprint density at radius 2 is 1.93 bits per heavy atom. The summed E-state index contributed by atoms with van der Waals surface area (Å²) < 4.78 is 10.4. The van der Waals surface area contributed by atoms with Crippen molar-refractivity contribution in [3.63, 3.8) is 0 Å². The minimum absolute atomic E-state index is 0.744. The number of hydrogen-bond acceptors (Lipinski definition) is 4. The molecule has 1 aromatic rings. The predicted octanol–water partition coefficient (Wildman–Crippen LogP) is 2.44. The molecule has 0 spiro atoms. The van der Waals surface area contributed by atoms with Gasteiger partial charge in [-0.05, 0) is 24.3 Å². The van der Waals surface area contributed by atoms with Crippen molar-refractivity contribution in [2.75, 3.05) is 31.8 Å². The van der Waals surface area contributed by atoms with Gasteiger partial charge in [0.2, 0.25) is 0 Å². The number of hydrogen-bond donors (Lipinski definition) is 2. The van der Waals surface area contributed by atoms with Crippen molar-refractivity contribution in [3.05, 3.63) is 18.2 Å². The molecule has 0 radical (unpaired) electrons. The molecule has 0 aliphatic carbocycles. The molecule has 0 aliphatic heterocycles. The Kier molecular flexibility index (Phi) is 5.18. The Labute approximate surface area is 96.2 Å². The fraction of sp³-hybridized carbons (Fsp3) is 0.455. The summed E-state index contributed by atoms with van der Waals surface area (Å²) in [4.78, 5) is 0. The molecule has 4 heteroatoms. The van der Waals surface area contributed by atoms with Gasteiger partial charge in [0, 0.05) is 18.3 Å². The summed E-state index contributed by atoms with van der Waals surface area (Å²) >= 11 is 4.15. The lowest BCUT2D eigenvalue weighted by Gasteiger charge is -2.10. The zero-order chi connectivity index (χ0) is 11.1. The highest BCUT2D eigenvalue weighted by Crippen LogP contribution is 2.29. The largest absolute Gasteiger partial charge is 0.493 e. The van der Waals surface area contributed by atoms with Crippen LogP contribution in [0.1, 0.15) is 6.42 Å². The van der Waals surface area contributed by atoms with E-state index in [0.717, 1.165) is 35.9 Å². The minimum atomic E-state index is 0.744. The molecule has 3 nitrogen and oxygen atoms in total. The lowest BCUT2D eigenvalue weighted by atomic mass is 10.2. The molecule has 0 heterocycles. The van der Waals surface area contributed by atoms with Crippen LogP contribution in [0.5, 0.6) is 11.5 Å². The lowest BCUT2D eigenvalue weighted by molar-refractivity contribution is 0.355. The Morgan fingerprint density at radius 3 is 2.53 bits per heavy atom. The quantitative estimate of drug-likeness (QED) is 0.578. The second-order valence-corrected chi connectivity index (χ2v) is 3.52. The van der Waals surface area contributed by atoms with Crippen LogP contribution in [0, 0.1) is 0 Å². The molecule has 0 atom stereocenters. The first-order chi connectivity index (χ1) is 7.31. The molecule has 0 bridgehead atoms. The van der Waals surface area contributed by atoms with E-state index < -0.39 is 0 Å². The average molecular weight is 227 g/mol. The highest BCUT2D eigenvalue weighted by atomic mass is 32.1. The first kappa shape index (κ1) is 12.0. The van der Waals surface area contributed by atoms with Crippen LogP contribution in [-0.4, -0.2) is 26.5 Å². The number of rotatable bonds is 6. The van der Waals surface area contributed by atoms with Gasteiger partial charge in [-0.3, -0.25) is 0 Å². The van der Waals surface area contributed by atoms with Crippen molar-refractivity contribution >= 4 is 18.3 Å². The van der Waals surface area contributed by atoms with Crippen LogP contribution in [0.15, 0.2) is 18.2 Å². The summed E-state index contributed by atoms with van der Waals surface area (Å²) in [6.07, 6.45) is 1.04. The van der Waals surface area contributed by atoms with E-state index in [1.165, 1.54) is 0 Å². The second-order valence-electron chi connectivity index (χ2n) is 3.07. The molecule has 0 aliphatic rings. The summed E-state index contributed by atoms with van der Waals surface area (Å²) in [6, 6.07) is 5.79. The van der Waals surface area contributed by atoms with Crippen LogP contribution in [0.25, 0.3) is 0 Å². The number of thiol groups is 1. The zero-order valence-electron chi connectivity index (χ0n) is 9.12. The van der Waals surface area contributed by atoms with Crippen molar-refractivity contribution in [1.82, 2.24) is 0 Å². The van der Waals surface area contributed by atoms with Gasteiger partial charge < -0.3 is 14.8 Å². The van der Waals surface area contributed by atoms with Gasteiger partial charge in [-0.25, -0.2) is 0 Å². The van der Waals surface area contributed by atoms with Crippen LogP contribution >= 0.6 is 12.6 Å². The number of ether oxygens (including phenoxy) is 2. The second kappa shape index (κ2) is 6.45. The molecule has 0 saturated heterocycles. The van der Waals surface area contributed by atoms with E-state index in [2.05, 4.69) is 17.9 Å². The van der Waals surface area contributed by atoms with Crippen molar-refractivity contribution in [1.29, 1.82) is 0 Å². The zero-order valence-corrected chi connectivity index (χ0v) is 10.0. The van der Waals surface area contributed by atoms with E-state index in [1.54, 1.807) is 14.2 Å². The Bertz CT molecular complexity index is 305. The number of benzene rings is 1. The third kappa shape index (κ3) is 3.55. The van der Waals surface area contributed by atoms with E-state index in [0.29, 0.717) is 0 Å². The van der Waals surface area contributed by atoms with Gasteiger partial charge in [0.25, 0.3) is 0 Å². The molecule has 1 N–H and O–H groups in total. The van der Waals surface area contributed by atoms with Crippen molar-refractivity contribution in [3.8, 4) is 11.5 Å². The molecule has 0 amide bonds. The van der Waals surface area contributed by atoms with Crippen molar-refractivity contribution < 1.29 is 9.47 Å². The highest BCUT2D eigenvalue weighted by Gasteiger charge is 2.03. The van der Waals surface area contributed by atoms with Crippen molar-refractivity contribution in [2.45, 2.75) is 6.42 Å². The molecule has 0 unspecified atom stereocenters. The summed E-state index contributed by atoms with van der Waals surface area (Å²) in [5.74, 6) is 2.38. The summed E-state index contributed by atoms with van der Waals surface area (Å²) in [5.41, 5.74) is 1.04. The monoisotopic (exact) mass is 227 g/mol. The first-order valence-corrected chi connectivity index (χ1v) is 5.52. The molecular weight excluding hydrogens is 210 g/mol. The molecule has 0 fully saturated rings. The normalized spacial score (nSPS) is 9.80. The molecule has 0 saturated carbocycles. The predicted molar refractivity (Wildman–Crippen MR) is 66.5 cm³/mol. The van der Waals surface area contributed by atoms with E-state index in [1.807, 2.05) is 18.2 Å². The topological polar surface area (TPSA) is 30.5 Å². The fourth-order valence-corrected chi connectivity index (χ4v) is 1.42. The summed E-state index contributed by atoms with van der Waals surface area (Å²) in [6.45, 7) is 0.916. The summed E-state index contributed by atoms with van der Waals surface area (Å²) in [5, 5.41) is 3.29. The molecule has 1 rings (SSSR count). The molecular formula is C11H17NO2S. The van der Waals surface area contributed by atoms with E-state index in [4.69, 9.17) is 9.47 Å². The van der Waals surface area contributed by atoms with E-state index >= 15 is 0 Å². The molecule has 0 aromatic heterocycles. The SMILES string of the molecule is COc1ccc(NCCCS)cc1OC. The minimum Gasteiger partial charge on any atom is -0.493 e. The van der Waals surface area contributed by atoms with E-state index in [9.17, 15) is 0 Å². The van der Waals surface area contributed by atoms with Gasteiger partial charge in [0.15, 0.2) is 11.5 Å². The lowest BCUT2D eigenvalue weighted by Crippen LogP contribution is -2.02. The smallest absolute Gasteiger partial charge is 0.162 e. The van der Waals surface area contributed by atoms with Gasteiger partial charge in [-0.2, -0.15) is 12.6 Å². The molecule has 1 aromatic carbocycles. The van der Waals surface area contributed by atoms with E-state index in [-0.39, 0.29) is 0 Å². The molecule has 84 valence electrons. The third-order valence-electron chi connectivity index (χ3n) is 2.05. The van der Waals surface area contributed by atoms with Crippen molar-refractivity contribution in [2.24, 2.45) is 0 Å². The van der Waals surface area contributed by atoms with Crippen LogP contribution in [0.4, 0.5) is 5.69 Å². The Balaban J connectivity index is 2.66.